The summed E-state index contributed by atoms with van der Waals surface area (Å²) in [5.74, 6) is -0.0704. The Morgan fingerprint density at radius 2 is 2.05 bits per heavy atom. The van der Waals surface area contributed by atoms with E-state index in [-0.39, 0.29) is 5.91 Å². The van der Waals surface area contributed by atoms with Gasteiger partial charge in [-0.05, 0) is 44.1 Å². The van der Waals surface area contributed by atoms with Crippen LogP contribution in [0, 0.1) is 0 Å². The van der Waals surface area contributed by atoms with Crippen molar-refractivity contribution < 1.29 is 4.79 Å². The number of benzene rings is 1. The molecule has 0 atom stereocenters. The van der Waals surface area contributed by atoms with Gasteiger partial charge in [-0.2, -0.15) is 0 Å². The molecule has 5 heteroatoms. The zero-order valence-electron chi connectivity index (χ0n) is 11.4. The summed E-state index contributed by atoms with van der Waals surface area (Å²) in [7, 11) is 3.46. The van der Waals surface area contributed by atoms with Crippen LogP contribution in [-0.2, 0) is 0 Å². The summed E-state index contributed by atoms with van der Waals surface area (Å²) in [6, 6.07) is 6.01. The summed E-state index contributed by atoms with van der Waals surface area (Å²) in [6.07, 6.45) is 2.19. The molecule has 0 spiro atoms. The number of anilines is 1. The third-order valence-corrected chi connectivity index (χ3v) is 3.64. The molecule has 1 aromatic carbocycles. The molecule has 0 saturated carbocycles. The van der Waals surface area contributed by atoms with Crippen LogP contribution in [0.2, 0.25) is 5.02 Å². The van der Waals surface area contributed by atoms with Gasteiger partial charge >= 0.3 is 0 Å². The quantitative estimate of drug-likeness (QED) is 0.893. The van der Waals surface area contributed by atoms with E-state index in [2.05, 4.69) is 10.6 Å². The molecule has 0 unspecified atom stereocenters. The number of hydrogen-bond donors (Lipinski definition) is 2. The van der Waals surface area contributed by atoms with Crippen LogP contribution < -0.4 is 10.6 Å². The minimum Gasteiger partial charge on any atom is -0.382 e. The van der Waals surface area contributed by atoms with Crippen LogP contribution in [0.4, 0.5) is 5.69 Å². The maximum absolute atomic E-state index is 12.0. The Labute approximate surface area is 119 Å². The first-order valence-corrected chi connectivity index (χ1v) is 6.94. The van der Waals surface area contributed by atoms with Gasteiger partial charge in [-0.15, -0.1) is 0 Å². The van der Waals surface area contributed by atoms with E-state index >= 15 is 0 Å². The molecule has 2 N–H and O–H groups in total. The predicted molar refractivity (Wildman–Crippen MR) is 79.0 cm³/mol. The second kappa shape index (κ2) is 6.26. The van der Waals surface area contributed by atoms with Gasteiger partial charge in [0.25, 0.3) is 5.91 Å². The maximum atomic E-state index is 12.0. The van der Waals surface area contributed by atoms with Crippen molar-refractivity contribution in [2.45, 2.75) is 18.9 Å². The first kappa shape index (κ1) is 14.2. The van der Waals surface area contributed by atoms with Crippen LogP contribution in [0.25, 0.3) is 0 Å². The van der Waals surface area contributed by atoms with Crippen molar-refractivity contribution in [3.63, 3.8) is 0 Å². The zero-order chi connectivity index (χ0) is 13.8. The number of hydrogen-bond acceptors (Lipinski definition) is 3. The van der Waals surface area contributed by atoms with Gasteiger partial charge in [0, 0.05) is 25.8 Å². The van der Waals surface area contributed by atoms with Crippen molar-refractivity contribution in [1.29, 1.82) is 0 Å². The fraction of sp³-hybridized carbons (Fsp3) is 0.500. The Kier molecular flexibility index (Phi) is 4.66. The highest BCUT2D eigenvalue weighted by Crippen LogP contribution is 2.23. The molecule has 19 heavy (non-hydrogen) atoms. The molecule has 1 aliphatic rings. The molecule has 0 aliphatic carbocycles. The summed E-state index contributed by atoms with van der Waals surface area (Å²) >= 11 is 6.09. The first-order valence-electron chi connectivity index (χ1n) is 6.56. The van der Waals surface area contributed by atoms with Crippen LogP contribution in [0.3, 0.4) is 0 Å². The number of rotatable bonds is 3. The molecule has 4 nitrogen and oxygen atoms in total. The molecule has 1 aromatic rings. The molecule has 1 saturated heterocycles. The van der Waals surface area contributed by atoms with E-state index < -0.39 is 0 Å². The van der Waals surface area contributed by atoms with Crippen molar-refractivity contribution in [3.05, 3.63) is 28.8 Å². The molecular formula is C14H20ClN3O. The Bertz CT molecular complexity index is 456. The van der Waals surface area contributed by atoms with Gasteiger partial charge < -0.3 is 15.5 Å². The lowest BCUT2D eigenvalue weighted by molar-refractivity contribution is 0.0828. The average molecular weight is 282 g/mol. The fourth-order valence-electron chi connectivity index (χ4n) is 2.22. The van der Waals surface area contributed by atoms with Crippen molar-refractivity contribution >= 4 is 23.2 Å². The van der Waals surface area contributed by atoms with Crippen LogP contribution in [0.5, 0.6) is 0 Å². The Balaban J connectivity index is 2.13. The minimum atomic E-state index is -0.0704. The summed E-state index contributed by atoms with van der Waals surface area (Å²) in [5.41, 5.74) is 1.51. The second-order valence-electron chi connectivity index (χ2n) is 5.06. The van der Waals surface area contributed by atoms with Crippen molar-refractivity contribution in [2.24, 2.45) is 0 Å². The minimum absolute atomic E-state index is 0.0704. The molecule has 2 rings (SSSR count). The van der Waals surface area contributed by atoms with E-state index in [1.807, 2.05) is 12.1 Å². The normalized spacial score (nSPS) is 16.2. The van der Waals surface area contributed by atoms with Gasteiger partial charge in [0.15, 0.2) is 0 Å². The first-order chi connectivity index (χ1) is 9.08. The number of nitrogens with one attached hydrogen (secondary N) is 2. The third kappa shape index (κ3) is 3.61. The van der Waals surface area contributed by atoms with Gasteiger partial charge in [0.1, 0.15) is 0 Å². The highest BCUT2D eigenvalue weighted by atomic mass is 35.5. The number of amides is 1. The van der Waals surface area contributed by atoms with Gasteiger partial charge in [-0.25, -0.2) is 0 Å². The number of carbonyl (C=O) groups excluding carboxylic acids is 1. The molecule has 104 valence electrons. The van der Waals surface area contributed by atoms with E-state index in [1.54, 1.807) is 20.2 Å². The lowest BCUT2D eigenvalue weighted by Gasteiger charge is -2.25. The molecule has 1 fully saturated rings. The average Bonchev–Trinajstić information content (AvgIpc) is 2.41. The molecule has 1 aliphatic heterocycles. The summed E-state index contributed by atoms with van der Waals surface area (Å²) in [5, 5.41) is 7.30. The van der Waals surface area contributed by atoms with E-state index in [4.69, 9.17) is 11.6 Å². The molecule has 1 heterocycles. The molecule has 1 amide bonds. The standard InChI is InChI=1S/C14H20ClN3O/c1-18(2)14(19)12-9-11(3-4-13(12)15)17-10-5-7-16-8-6-10/h3-4,9-10,16-17H,5-8H2,1-2H3. The van der Waals surface area contributed by atoms with Gasteiger partial charge in [-0.3, -0.25) is 4.79 Å². The second-order valence-corrected chi connectivity index (χ2v) is 5.47. The number of carbonyl (C=O) groups is 1. The Hall–Kier alpha value is -1.26. The van der Waals surface area contributed by atoms with Crippen molar-refractivity contribution in [2.75, 3.05) is 32.5 Å². The predicted octanol–water partition coefficient (Wildman–Crippen LogP) is 2.21. The number of halogens is 1. The molecular weight excluding hydrogens is 262 g/mol. The third-order valence-electron chi connectivity index (χ3n) is 3.31. The Morgan fingerprint density at radius 1 is 1.37 bits per heavy atom. The molecule has 0 aromatic heterocycles. The van der Waals surface area contributed by atoms with Crippen LogP contribution in [0.1, 0.15) is 23.2 Å². The largest absolute Gasteiger partial charge is 0.382 e. The van der Waals surface area contributed by atoms with Gasteiger partial charge in [0.2, 0.25) is 0 Å². The van der Waals surface area contributed by atoms with E-state index in [1.165, 1.54) is 4.90 Å². The van der Waals surface area contributed by atoms with E-state index in [0.717, 1.165) is 31.6 Å². The molecule has 0 bridgehead atoms. The van der Waals surface area contributed by atoms with Crippen LogP contribution in [0.15, 0.2) is 18.2 Å². The fourth-order valence-corrected chi connectivity index (χ4v) is 2.42. The number of piperidine rings is 1. The van der Waals surface area contributed by atoms with Gasteiger partial charge in [0.05, 0.1) is 10.6 Å². The van der Waals surface area contributed by atoms with Crippen molar-refractivity contribution in [3.8, 4) is 0 Å². The van der Waals surface area contributed by atoms with Crippen LogP contribution in [-0.4, -0.2) is 44.0 Å². The highest BCUT2D eigenvalue weighted by Gasteiger charge is 2.16. The number of nitrogens with zero attached hydrogens (tertiary/aromatic N) is 1. The van der Waals surface area contributed by atoms with E-state index in [0.29, 0.717) is 16.6 Å². The summed E-state index contributed by atoms with van der Waals surface area (Å²) in [4.78, 5) is 13.6. The smallest absolute Gasteiger partial charge is 0.254 e. The lowest BCUT2D eigenvalue weighted by atomic mass is 10.1. The lowest BCUT2D eigenvalue weighted by Crippen LogP contribution is -2.35. The Morgan fingerprint density at radius 3 is 2.68 bits per heavy atom. The van der Waals surface area contributed by atoms with Gasteiger partial charge in [-0.1, -0.05) is 11.6 Å². The van der Waals surface area contributed by atoms with Crippen molar-refractivity contribution in [1.82, 2.24) is 10.2 Å². The monoisotopic (exact) mass is 281 g/mol. The van der Waals surface area contributed by atoms with Crippen LogP contribution >= 0.6 is 11.6 Å². The topological polar surface area (TPSA) is 44.4 Å². The summed E-state index contributed by atoms with van der Waals surface area (Å²) in [6.45, 7) is 2.07. The summed E-state index contributed by atoms with van der Waals surface area (Å²) < 4.78 is 0. The maximum Gasteiger partial charge on any atom is 0.254 e. The SMILES string of the molecule is CN(C)C(=O)c1cc(NC2CCNCC2)ccc1Cl. The zero-order valence-corrected chi connectivity index (χ0v) is 12.1. The molecule has 0 radical (unpaired) electrons. The highest BCUT2D eigenvalue weighted by molar-refractivity contribution is 6.34. The van der Waals surface area contributed by atoms with E-state index in [9.17, 15) is 4.79 Å².